The Morgan fingerprint density at radius 3 is 2.65 bits per heavy atom. The molecule has 0 saturated carbocycles. The van der Waals surface area contributed by atoms with E-state index in [0.717, 1.165) is 19.3 Å². The number of methoxy groups -OCH3 is 1. The van der Waals surface area contributed by atoms with Crippen molar-refractivity contribution >= 4 is 5.97 Å². The molecule has 5 atom stereocenters. The molecule has 0 radical (unpaired) electrons. The number of carbonyl (C=O) groups is 1. The summed E-state index contributed by atoms with van der Waals surface area (Å²) in [5.41, 5.74) is 1.40. The topological polar surface area (TPSA) is 96.2 Å². The summed E-state index contributed by atoms with van der Waals surface area (Å²) in [5, 5.41) is 31.3. The van der Waals surface area contributed by atoms with Crippen molar-refractivity contribution in [2.45, 2.75) is 76.0 Å². The molecule has 0 aliphatic carbocycles. The van der Waals surface area contributed by atoms with Crippen molar-refractivity contribution < 1.29 is 29.6 Å². The van der Waals surface area contributed by atoms with Gasteiger partial charge >= 0.3 is 5.97 Å². The molecule has 0 bridgehead atoms. The van der Waals surface area contributed by atoms with Crippen molar-refractivity contribution in [3.8, 4) is 0 Å². The van der Waals surface area contributed by atoms with E-state index in [4.69, 9.17) is 4.74 Å². The van der Waals surface area contributed by atoms with Gasteiger partial charge in [0.15, 0.2) is 0 Å². The van der Waals surface area contributed by atoms with Crippen LogP contribution < -0.4 is 0 Å². The SMILES string of the molecule is CCCCC[C@H](O)c1ccccc1[C@@H]1O[C@@H](CCC(=O)OC)[C@H](O)[C@H]1O. The molecule has 1 heterocycles. The van der Waals surface area contributed by atoms with Crippen LogP contribution in [-0.2, 0) is 14.3 Å². The molecule has 6 heteroatoms. The fourth-order valence-electron chi connectivity index (χ4n) is 3.42. The normalized spacial score (nSPS) is 26.7. The van der Waals surface area contributed by atoms with Crippen LogP contribution in [0.3, 0.4) is 0 Å². The highest BCUT2D eigenvalue weighted by Gasteiger charge is 2.44. The van der Waals surface area contributed by atoms with Crippen molar-refractivity contribution in [3.05, 3.63) is 35.4 Å². The maximum atomic E-state index is 11.3. The van der Waals surface area contributed by atoms with Crippen LogP contribution in [0.15, 0.2) is 24.3 Å². The number of unbranched alkanes of at least 4 members (excludes halogenated alkanes) is 2. The van der Waals surface area contributed by atoms with E-state index in [1.165, 1.54) is 7.11 Å². The summed E-state index contributed by atoms with van der Waals surface area (Å²) in [6.07, 6.45) is -0.155. The molecule has 2 rings (SSSR count). The highest BCUT2D eigenvalue weighted by atomic mass is 16.5. The molecule has 1 fully saturated rings. The van der Waals surface area contributed by atoms with E-state index in [1.54, 1.807) is 0 Å². The zero-order valence-corrected chi connectivity index (χ0v) is 15.5. The monoisotopic (exact) mass is 366 g/mol. The number of ether oxygens (including phenoxy) is 2. The van der Waals surface area contributed by atoms with Gasteiger partial charge in [-0.25, -0.2) is 0 Å². The summed E-state index contributed by atoms with van der Waals surface area (Å²) < 4.78 is 10.5. The lowest BCUT2D eigenvalue weighted by molar-refractivity contribution is -0.141. The molecule has 3 N–H and O–H groups in total. The molecule has 0 unspecified atom stereocenters. The Hall–Kier alpha value is -1.47. The smallest absolute Gasteiger partial charge is 0.305 e. The quantitative estimate of drug-likeness (QED) is 0.459. The molecule has 146 valence electrons. The van der Waals surface area contributed by atoms with Gasteiger partial charge in [-0.2, -0.15) is 0 Å². The van der Waals surface area contributed by atoms with Gasteiger partial charge in [0.2, 0.25) is 0 Å². The van der Waals surface area contributed by atoms with Crippen LogP contribution in [0.5, 0.6) is 0 Å². The summed E-state index contributed by atoms with van der Waals surface area (Å²) in [4.78, 5) is 11.3. The molecule has 6 nitrogen and oxygen atoms in total. The summed E-state index contributed by atoms with van der Waals surface area (Å²) in [6.45, 7) is 2.11. The molecular formula is C20H30O6. The Morgan fingerprint density at radius 1 is 1.23 bits per heavy atom. The van der Waals surface area contributed by atoms with Crippen LogP contribution in [0.2, 0.25) is 0 Å². The highest BCUT2D eigenvalue weighted by molar-refractivity contribution is 5.69. The third-order valence-electron chi connectivity index (χ3n) is 4.97. The summed E-state index contributed by atoms with van der Waals surface area (Å²) in [7, 11) is 1.31. The van der Waals surface area contributed by atoms with Gasteiger partial charge < -0.3 is 24.8 Å². The Balaban J connectivity index is 2.11. The lowest BCUT2D eigenvalue weighted by Gasteiger charge is -2.21. The predicted molar refractivity (Wildman–Crippen MR) is 96.4 cm³/mol. The number of esters is 1. The molecular weight excluding hydrogens is 336 g/mol. The third kappa shape index (κ3) is 5.04. The summed E-state index contributed by atoms with van der Waals surface area (Å²) in [6, 6.07) is 7.30. The van der Waals surface area contributed by atoms with Gasteiger partial charge in [0.1, 0.15) is 18.3 Å². The second kappa shape index (κ2) is 10.0. The van der Waals surface area contributed by atoms with Crippen LogP contribution >= 0.6 is 0 Å². The van der Waals surface area contributed by atoms with E-state index in [9.17, 15) is 20.1 Å². The third-order valence-corrected chi connectivity index (χ3v) is 4.97. The van der Waals surface area contributed by atoms with Crippen molar-refractivity contribution in [2.75, 3.05) is 7.11 Å². The maximum absolute atomic E-state index is 11.3. The van der Waals surface area contributed by atoms with E-state index < -0.39 is 30.5 Å². The molecule has 1 aliphatic rings. The maximum Gasteiger partial charge on any atom is 0.305 e. The Labute approximate surface area is 154 Å². The Bertz CT molecular complexity index is 575. The fourth-order valence-corrected chi connectivity index (χ4v) is 3.42. The van der Waals surface area contributed by atoms with Crippen LogP contribution in [0, 0.1) is 0 Å². The number of rotatable bonds is 9. The zero-order chi connectivity index (χ0) is 19.1. The zero-order valence-electron chi connectivity index (χ0n) is 15.5. The lowest BCUT2D eigenvalue weighted by atomic mass is 9.92. The predicted octanol–water partition coefficient (Wildman–Crippen LogP) is 2.42. The van der Waals surface area contributed by atoms with E-state index in [2.05, 4.69) is 11.7 Å². The second-order valence-corrected chi connectivity index (χ2v) is 6.83. The first-order valence-corrected chi connectivity index (χ1v) is 9.34. The summed E-state index contributed by atoms with van der Waals surface area (Å²) in [5.74, 6) is -0.384. The van der Waals surface area contributed by atoms with Gasteiger partial charge in [-0.1, -0.05) is 50.5 Å². The van der Waals surface area contributed by atoms with Gasteiger partial charge in [-0.15, -0.1) is 0 Å². The average Bonchev–Trinajstić information content (AvgIpc) is 2.94. The molecule has 1 aromatic carbocycles. The average molecular weight is 366 g/mol. The molecule has 0 spiro atoms. The number of benzene rings is 1. The van der Waals surface area contributed by atoms with Crippen molar-refractivity contribution in [3.63, 3.8) is 0 Å². The molecule has 1 saturated heterocycles. The molecule has 1 aromatic rings. The van der Waals surface area contributed by atoms with Gasteiger partial charge in [0.05, 0.1) is 19.3 Å². The molecule has 0 amide bonds. The van der Waals surface area contributed by atoms with Crippen LogP contribution in [-0.4, -0.2) is 46.7 Å². The van der Waals surface area contributed by atoms with E-state index in [0.29, 0.717) is 17.5 Å². The first-order valence-electron chi connectivity index (χ1n) is 9.34. The van der Waals surface area contributed by atoms with Gasteiger partial charge in [-0.3, -0.25) is 4.79 Å². The van der Waals surface area contributed by atoms with Gasteiger partial charge in [0, 0.05) is 6.42 Å². The number of carbonyl (C=O) groups excluding carboxylic acids is 1. The van der Waals surface area contributed by atoms with Crippen molar-refractivity contribution in [2.24, 2.45) is 0 Å². The van der Waals surface area contributed by atoms with E-state index >= 15 is 0 Å². The Kier molecular flexibility index (Phi) is 8.03. The number of hydrogen-bond acceptors (Lipinski definition) is 6. The Morgan fingerprint density at radius 2 is 1.96 bits per heavy atom. The van der Waals surface area contributed by atoms with Crippen LogP contribution in [0.25, 0.3) is 0 Å². The second-order valence-electron chi connectivity index (χ2n) is 6.83. The highest BCUT2D eigenvalue weighted by Crippen LogP contribution is 2.39. The van der Waals surface area contributed by atoms with Crippen molar-refractivity contribution in [1.82, 2.24) is 0 Å². The van der Waals surface area contributed by atoms with Crippen molar-refractivity contribution in [1.29, 1.82) is 0 Å². The number of aliphatic hydroxyl groups excluding tert-OH is 3. The minimum absolute atomic E-state index is 0.110. The molecule has 1 aliphatic heterocycles. The van der Waals surface area contributed by atoms with E-state index in [-0.39, 0.29) is 18.8 Å². The molecule has 0 aromatic heterocycles. The first kappa shape index (κ1) is 20.8. The fraction of sp³-hybridized carbons (Fsp3) is 0.650. The summed E-state index contributed by atoms with van der Waals surface area (Å²) >= 11 is 0. The van der Waals surface area contributed by atoms with Crippen LogP contribution in [0.1, 0.15) is 68.8 Å². The van der Waals surface area contributed by atoms with Gasteiger partial charge in [0.25, 0.3) is 0 Å². The minimum atomic E-state index is -1.11. The number of aliphatic hydroxyl groups is 3. The first-order chi connectivity index (χ1) is 12.5. The van der Waals surface area contributed by atoms with E-state index in [1.807, 2.05) is 24.3 Å². The van der Waals surface area contributed by atoms with Crippen LogP contribution in [0.4, 0.5) is 0 Å². The number of hydrogen-bond donors (Lipinski definition) is 3. The standard InChI is InChI=1S/C20H30O6/c1-3-4-5-10-15(21)13-8-6-7-9-14(13)20-19(24)18(23)16(26-20)11-12-17(22)25-2/h6-9,15-16,18-21,23-24H,3-5,10-12H2,1-2H3/t15-,16-,18-,19+,20-/m0/s1. The largest absolute Gasteiger partial charge is 0.469 e. The van der Waals surface area contributed by atoms with Gasteiger partial charge in [-0.05, 0) is 24.0 Å². The lowest BCUT2D eigenvalue weighted by Crippen LogP contribution is -2.31. The minimum Gasteiger partial charge on any atom is -0.469 e. The molecule has 26 heavy (non-hydrogen) atoms.